The van der Waals surface area contributed by atoms with Gasteiger partial charge in [0.05, 0.1) is 6.61 Å². The zero-order chi connectivity index (χ0) is 15.2. The molecule has 0 aliphatic rings. The van der Waals surface area contributed by atoms with Gasteiger partial charge in [-0.1, -0.05) is 30.4 Å². The Morgan fingerprint density at radius 3 is 2.48 bits per heavy atom. The van der Waals surface area contributed by atoms with Crippen molar-refractivity contribution in [2.45, 2.75) is 6.92 Å². The molecule has 0 bridgehead atoms. The largest absolute Gasteiger partial charge is 0.494 e. The number of carbonyl (C=O) groups excluding carboxylic acids is 1. The van der Waals surface area contributed by atoms with Crippen molar-refractivity contribution in [1.29, 1.82) is 0 Å². The van der Waals surface area contributed by atoms with E-state index in [-0.39, 0.29) is 5.91 Å². The van der Waals surface area contributed by atoms with Crippen LogP contribution in [0.3, 0.4) is 0 Å². The molecular weight excluding hydrogens is 284 g/mol. The summed E-state index contributed by atoms with van der Waals surface area (Å²) in [7, 11) is 0. The minimum Gasteiger partial charge on any atom is -0.494 e. The van der Waals surface area contributed by atoms with Crippen molar-refractivity contribution in [3.05, 3.63) is 59.7 Å². The second-order valence-corrected chi connectivity index (χ2v) is 4.80. The van der Waals surface area contributed by atoms with Crippen LogP contribution in [0.5, 0.6) is 5.75 Å². The summed E-state index contributed by atoms with van der Waals surface area (Å²) in [4.78, 5) is 12.5. The minimum atomic E-state index is -0.196. The molecule has 108 valence electrons. The van der Waals surface area contributed by atoms with Crippen molar-refractivity contribution < 1.29 is 9.53 Å². The average molecular weight is 300 g/mol. The zero-order valence-electron chi connectivity index (χ0n) is 11.6. The molecule has 0 atom stereocenters. The van der Waals surface area contributed by atoms with Crippen molar-refractivity contribution in [1.82, 2.24) is 0 Å². The van der Waals surface area contributed by atoms with Crippen LogP contribution in [-0.4, -0.2) is 17.5 Å². The van der Waals surface area contributed by atoms with E-state index in [2.05, 4.69) is 5.32 Å². The number of nitrogens with one attached hydrogen (secondary N) is 1. The predicted octanol–water partition coefficient (Wildman–Crippen LogP) is 2.97. The number of amides is 1. The van der Waals surface area contributed by atoms with Crippen LogP contribution in [0.15, 0.2) is 48.5 Å². The van der Waals surface area contributed by atoms with Gasteiger partial charge in [0.2, 0.25) is 0 Å². The second-order valence-electron chi connectivity index (χ2n) is 4.36. The van der Waals surface area contributed by atoms with E-state index in [1.165, 1.54) is 0 Å². The average Bonchev–Trinajstić information content (AvgIpc) is 2.48. The Balaban J connectivity index is 2.10. The molecule has 2 rings (SSSR count). The van der Waals surface area contributed by atoms with Crippen molar-refractivity contribution in [3.8, 4) is 5.75 Å². The molecule has 0 unspecified atom stereocenters. The molecule has 2 aromatic carbocycles. The van der Waals surface area contributed by atoms with Crippen molar-refractivity contribution in [2.75, 3.05) is 11.9 Å². The normalized spacial score (nSPS) is 9.95. The third-order valence-corrected chi connectivity index (χ3v) is 3.07. The molecule has 0 radical (unpaired) electrons. The molecule has 0 fully saturated rings. The van der Waals surface area contributed by atoms with E-state index in [1.54, 1.807) is 30.3 Å². The Labute approximate surface area is 128 Å². The number of anilines is 1. The lowest BCUT2D eigenvalue weighted by molar-refractivity contribution is 0.102. The summed E-state index contributed by atoms with van der Waals surface area (Å²) in [5.41, 5.74) is 7.48. The fourth-order valence-electron chi connectivity index (χ4n) is 1.82. The van der Waals surface area contributed by atoms with E-state index in [0.29, 0.717) is 22.8 Å². The quantitative estimate of drug-likeness (QED) is 0.833. The van der Waals surface area contributed by atoms with Gasteiger partial charge in [0.25, 0.3) is 5.91 Å². The lowest BCUT2D eigenvalue weighted by atomic mass is 10.1. The van der Waals surface area contributed by atoms with Gasteiger partial charge in [0.1, 0.15) is 10.7 Å². The first-order chi connectivity index (χ1) is 10.1. The van der Waals surface area contributed by atoms with E-state index in [0.717, 1.165) is 11.3 Å². The molecular formula is C16H16N2O2S. The second kappa shape index (κ2) is 6.85. The van der Waals surface area contributed by atoms with E-state index in [4.69, 9.17) is 22.7 Å². The summed E-state index contributed by atoms with van der Waals surface area (Å²) in [5.74, 6) is 0.525. The SMILES string of the molecule is CCOc1cccc(NC(=O)c2ccc(C(N)=S)cc2)c1. The van der Waals surface area contributed by atoms with Crippen LogP contribution in [0.4, 0.5) is 5.69 Å². The summed E-state index contributed by atoms with van der Waals surface area (Å²) in [5, 5.41) is 2.82. The van der Waals surface area contributed by atoms with Crippen molar-refractivity contribution in [2.24, 2.45) is 5.73 Å². The first-order valence-electron chi connectivity index (χ1n) is 6.54. The lowest BCUT2D eigenvalue weighted by Crippen LogP contribution is -2.13. The van der Waals surface area contributed by atoms with Crippen LogP contribution in [0.2, 0.25) is 0 Å². The maximum Gasteiger partial charge on any atom is 0.255 e. The highest BCUT2D eigenvalue weighted by molar-refractivity contribution is 7.80. The minimum absolute atomic E-state index is 0.196. The highest BCUT2D eigenvalue weighted by Gasteiger charge is 2.07. The molecule has 1 amide bonds. The lowest BCUT2D eigenvalue weighted by Gasteiger charge is -2.08. The first kappa shape index (κ1) is 15.0. The fraction of sp³-hybridized carbons (Fsp3) is 0.125. The number of thiocarbonyl (C=S) groups is 1. The molecule has 0 aliphatic heterocycles. The maximum atomic E-state index is 12.1. The zero-order valence-corrected chi connectivity index (χ0v) is 12.4. The van der Waals surface area contributed by atoms with Gasteiger partial charge in [0.15, 0.2) is 0 Å². The molecule has 0 spiro atoms. The van der Waals surface area contributed by atoms with Gasteiger partial charge in [-0.2, -0.15) is 0 Å². The molecule has 5 heteroatoms. The third kappa shape index (κ3) is 4.03. The number of rotatable bonds is 5. The summed E-state index contributed by atoms with van der Waals surface area (Å²) >= 11 is 4.88. The molecule has 0 aliphatic carbocycles. The summed E-state index contributed by atoms with van der Waals surface area (Å²) in [6.45, 7) is 2.49. The van der Waals surface area contributed by atoms with Gasteiger partial charge in [0, 0.05) is 22.9 Å². The van der Waals surface area contributed by atoms with Gasteiger partial charge in [-0.05, 0) is 31.2 Å². The Morgan fingerprint density at radius 2 is 1.86 bits per heavy atom. The highest BCUT2D eigenvalue weighted by atomic mass is 32.1. The number of hydrogen-bond acceptors (Lipinski definition) is 3. The summed E-state index contributed by atoms with van der Waals surface area (Å²) < 4.78 is 5.40. The van der Waals surface area contributed by atoms with E-state index in [9.17, 15) is 4.79 Å². The number of ether oxygens (including phenoxy) is 1. The van der Waals surface area contributed by atoms with Crippen LogP contribution in [-0.2, 0) is 0 Å². The van der Waals surface area contributed by atoms with Gasteiger partial charge in [-0.25, -0.2) is 0 Å². The highest BCUT2D eigenvalue weighted by Crippen LogP contribution is 2.18. The van der Waals surface area contributed by atoms with Gasteiger partial charge in [-0.3, -0.25) is 4.79 Å². The van der Waals surface area contributed by atoms with Crippen LogP contribution >= 0.6 is 12.2 Å². The molecule has 3 N–H and O–H groups in total. The molecule has 2 aromatic rings. The first-order valence-corrected chi connectivity index (χ1v) is 6.95. The van der Waals surface area contributed by atoms with E-state index in [1.807, 2.05) is 25.1 Å². The van der Waals surface area contributed by atoms with E-state index >= 15 is 0 Å². The smallest absolute Gasteiger partial charge is 0.255 e. The molecule has 21 heavy (non-hydrogen) atoms. The Hall–Kier alpha value is -2.40. The number of carbonyl (C=O) groups is 1. The third-order valence-electron chi connectivity index (χ3n) is 2.83. The Kier molecular flexibility index (Phi) is 4.90. The van der Waals surface area contributed by atoms with Gasteiger partial charge >= 0.3 is 0 Å². The number of benzene rings is 2. The Morgan fingerprint density at radius 1 is 1.19 bits per heavy atom. The molecule has 0 aromatic heterocycles. The van der Waals surface area contributed by atoms with Crippen LogP contribution in [0, 0.1) is 0 Å². The van der Waals surface area contributed by atoms with Crippen LogP contribution in [0.1, 0.15) is 22.8 Å². The fourth-order valence-corrected chi connectivity index (χ4v) is 1.96. The van der Waals surface area contributed by atoms with Crippen molar-refractivity contribution in [3.63, 3.8) is 0 Å². The van der Waals surface area contributed by atoms with Gasteiger partial charge in [-0.15, -0.1) is 0 Å². The topological polar surface area (TPSA) is 64.3 Å². The van der Waals surface area contributed by atoms with Crippen LogP contribution < -0.4 is 15.8 Å². The number of nitrogens with two attached hydrogens (primary N) is 1. The van der Waals surface area contributed by atoms with Gasteiger partial charge < -0.3 is 15.8 Å². The predicted molar refractivity (Wildman–Crippen MR) is 87.9 cm³/mol. The summed E-state index contributed by atoms with van der Waals surface area (Å²) in [6.07, 6.45) is 0. The maximum absolute atomic E-state index is 12.1. The molecule has 0 heterocycles. The van der Waals surface area contributed by atoms with Crippen LogP contribution in [0.25, 0.3) is 0 Å². The molecule has 0 saturated carbocycles. The standard InChI is InChI=1S/C16H16N2O2S/c1-2-20-14-5-3-4-13(10-14)18-16(19)12-8-6-11(7-9-12)15(17)21/h3-10H,2H2,1H3,(H2,17,21)(H,18,19). The van der Waals surface area contributed by atoms with Crippen molar-refractivity contribution >= 4 is 28.8 Å². The Bertz CT molecular complexity index is 654. The summed E-state index contributed by atoms with van der Waals surface area (Å²) in [6, 6.07) is 14.1. The molecule has 0 saturated heterocycles. The monoisotopic (exact) mass is 300 g/mol. The van der Waals surface area contributed by atoms with E-state index < -0.39 is 0 Å². The number of hydrogen-bond donors (Lipinski definition) is 2. The molecule has 4 nitrogen and oxygen atoms in total.